The molecule has 0 saturated heterocycles. The molecule has 120 valence electrons. The third kappa shape index (κ3) is 3.49. The SMILES string of the molecule is CN(C(=O)OCc1cccc2c1CC2CCC=O)C(C)(C)C. The third-order valence-electron chi connectivity index (χ3n) is 4.46. The number of carbonyl (C=O) groups excluding carboxylic acids is 2. The summed E-state index contributed by atoms with van der Waals surface area (Å²) >= 11 is 0. The number of amides is 1. The first-order valence-electron chi connectivity index (χ1n) is 7.79. The van der Waals surface area contributed by atoms with Gasteiger partial charge in [0.05, 0.1) is 0 Å². The van der Waals surface area contributed by atoms with Crippen LogP contribution in [0.4, 0.5) is 4.79 Å². The first-order valence-corrected chi connectivity index (χ1v) is 7.79. The minimum atomic E-state index is -0.304. The molecule has 1 atom stereocenters. The van der Waals surface area contributed by atoms with Crippen molar-refractivity contribution in [1.29, 1.82) is 0 Å². The molecule has 22 heavy (non-hydrogen) atoms. The maximum atomic E-state index is 12.0. The van der Waals surface area contributed by atoms with E-state index in [1.165, 1.54) is 11.1 Å². The first kappa shape index (κ1) is 16.5. The molecule has 1 aromatic rings. The van der Waals surface area contributed by atoms with E-state index in [2.05, 4.69) is 6.07 Å². The Morgan fingerprint density at radius 2 is 2.14 bits per heavy atom. The minimum absolute atomic E-state index is 0.251. The first-order chi connectivity index (χ1) is 10.3. The second-order valence-electron chi connectivity index (χ2n) is 6.91. The Kier molecular flexibility index (Phi) is 4.89. The van der Waals surface area contributed by atoms with Crippen molar-refractivity contribution in [2.24, 2.45) is 0 Å². The van der Waals surface area contributed by atoms with Gasteiger partial charge in [-0.05, 0) is 56.2 Å². The number of hydrogen-bond donors (Lipinski definition) is 0. The summed E-state index contributed by atoms with van der Waals surface area (Å²) in [6.07, 6.45) is 3.17. The highest BCUT2D eigenvalue weighted by Gasteiger charge is 2.29. The fourth-order valence-electron chi connectivity index (χ4n) is 2.68. The Morgan fingerprint density at radius 3 is 2.77 bits per heavy atom. The molecule has 0 aromatic heterocycles. The summed E-state index contributed by atoms with van der Waals surface area (Å²) in [5.41, 5.74) is 3.42. The van der Waals surface area contributed by atoms with Crippen LogP contribution in [-0.2, 0) is 22.6 Å². The van der Waals surface area contributed by atoms with Crippen molar-refractivity contribution in [3.63, 3.8) is 0 Å². The van der Waals surface area contributed by atoms with Crippen LogP contribution < -0.4 is 0 Å². The molecule has 0 aliphatic heterocycles. The van der Waals surface area contributed by atoms with Gasteiger partial charge in [0.25, 0.3) is 0 Å². The van der Waals surface area contributed by atoms with E-state index in [0.29, 0.717) is 18.9 Å². The number of benzene rings is 1. The molecule has 1 amide bonds. The molecule has 0 saturated carbocycles. The Morgan fingerprint density at radius 1 is 1.41 bits per heavy atom. The number of nitrogens with zero attached hydrogens (tertiary/aromatic N) is 1. The van der Waals surface area contributed by atoms with Crippen LogP contribution in [0.5, 0.6) is 0 Å². The van der Waals surface area contributed by atoms with E-state index < -0.39 is 0 Å². The maximum absolute atomic E-state index is 12.0. The fraction of sp³-hybridized carbons (Fsp3) is 0.556. The van der Waals surface area contributed by atoms with Crippen molar-refractivity contribution >= 4 is 12.4 Å². The number of carbonyl (C=O) groups is 2. The van der Waals surface area contributed by atoms with Crippen LogP contribution in [0.2, 0.25) is 0 Å². The zero-order valence-electron chi connectivity index (χ0n) is 13.9. The molecular formula is C18H25NO3. The maximum Gasteiger partial charge on any atom is 0.410 e. The summed E-state index contributed by atoms with van der Waals surface area (Å²) in [5.74, 6) is 0.480. The molecule has 0 radical (unpaired) electrons. The van der Waals surface area contributed by atoms with Crippen LogP contribution in [0.25, 0.3) is 0 Å². The van der Waals surface area contributed by atoms with Gasteiger partial charge in [0.2, 0.25) is 0 Å². The Balaban J connectivity index is 1.97. The summed E-state index contributed by atoms with van der Waals surface area (Å²) in [6.45, 7) is 6.23. The van der Waals surface area contributed by atoms with Gasteiger partial charge in [0.15, 0.2) is 0 Å². The average molecular weight is 303 g/mol. The molecule has 4 heteroatoms. The van der Waals surface area contributed by atoms with Crippen molar-refractivity contribution in [3.8, 4) is 0 Å². The lowest BCUT2D eigenvalue weighted by molar-refractivity contribution is -0.108. The van der Waals surface area contributed by atoms with Crippen molar-refractivity contribution in [3.05, 3.63) is 34.9 Å². The molecule has 1 aliphatic rings. The summed E-state index contributed by atoms with van der Waals surface area (Å²) < 4.78 is 5.43. The van der Waals surface area contributed by atoms with Crippen LogP contribution in [-0.4, -0.2) is 29.9 Å². The summed E-state index contributed by atoms with van der Waals surface area (Å²) in [5, 5.41) is 0. The van der Waals surface area contributed by atoms with Gasteiger partial charge < -0.3 is 14.4 Å². The largest absolute Gasteiger partial charge is 0.445 e. The lowest BCUT2D eigenvalue weighted by Gasteiger charge is -2.33. The highest BCUT2D eigenvalue weighted by Crippen LogP contribution is 2.40. The zero-order chi connectivity index (χ0) is 16.3. The summed E-state index contributed by atoms with van der Waals surface area (Å²) in [7, 11) is 1.75. The molecule has 0 heterocycles. The number of fused-ring (bicyclic) bond motifs is 1. The van der Waals surface area contributed by atoms with Gasteiger partial charge in [-0.3, -0.25) is 0 Å². The molecule has 2 rings (SSSR count). The molecule has 0 spiro atoms. The molecule has 0 bridgehead atoms. The van der Waals surface area contributed by atoms with Gasteiger partial charge in [-0.15, -0.1) is 0 Å². The normalized spacial score (nSPS) is 16.5. The molecule has 1 aromatic carbocycles. The predicted molar refractivity (Wildman–Crippen MR) is 85.9 cm³/mol. The standard InChI is InChI=1S/C18H25NO3/c1-18(2,3)19(4)17(21)22-12-14-7-5-9-15-13(8-6-10-20)11-16(14)15/h5,7,9-10,13H,6,8,11-12H2,1-4H3. The third-order valence-corrected chi connectivity index (χ3v) is 4.46. The van der Waals surface area contributed by atoms with Gasteiger partial charge >= 0.3 is 6.09 Å². The Hall–Kier alpha value is -1.84. The number of aldehydes is 1. The highest BCUT2D eigenvalue weighted by molar-refractivity contribution is 5.68. The molecule has 0 N–H and O–H groups in total. The van der Waals surface area contributed by atoms with E-state index in [0.717, 1.165) is 24.7 Å². The monoisotopic (exact) mass is 303 g/mol. The lowest BCUT2D eigenvalue weighted by atomic mass is 9.73. The van der Waals surface area contributed by atoms with Crippen LogP contribution in [0.3, 0.4) is 0 Å². The van der Waals surface area contributed by atoms with Gasteiger partial charge in [-0.1, -0.05) is 18.2 Å². The Labute approximate surface area is 132 Å². The summed E-state index contributed by atoms with van der Waals surface area (Å²) in [6, 6.07) is 6.13. The topological polar surface area (TPSA) is 46.6 Å². The van der Waals surface area contributed by atoms with E-state index in [1.54, 1.807) is 11.9 Å². The van der Waals surface area contributed by atoms with E-state index in [1.807, 2.05) is 32.9 Å². The number of hydrogen-bond acceptors (Lipinski definition) is 3. The van der Waals surface area contributed by atoms with Gasteiger partial charge in [0, 0.05) is 19.0 Å². The predicted octanol–water partition coefficient (Wildman–Crippen LogP) is 3.67. The summed E-state index contributed by atoms with van der Waals surface area (Å²) in [4.78, 5) is 24.1. The average Bonchev–Trinajstić information content (AvgIpc) is 2.44. The second-order valence-corrected chi connectivity index (χ2v) is 6.91. The van der Waals surface area contributed by atoms with Crippen LogP contribution in [0, 0.1) is 0 Å². The molecule has 1 aliphatic carbocycles. The van der Waals surface area contributed by atoms with Crippen molar-refractivity contribution in [1.82, 2.24) is 4.90 Å². The van der Waals surface area contributed by atoms with E-state index >= 15 is 0 Å². The highest BCUT2D eigenvalue weighted by atomic mass is 16.6. The van der Waals surface area contributed by atoms with E-state index in [4.69, 9.17) is 4.74 Å². The lowest BCUT2D eigenvalue weighted by Crippen LogP contribution is -2.42. The number of ether oxygens (including phenoxy) is 1. The van der Waals surface area contributed by atoms with E-state index in [9.17, 15) is 9.59 Å². The smallest absolute Gasteiger partial charge is 0.410 e. The van der Waals surface area contributed by atoms with Crippen LogP contribution in [0.1, 0.15) is 56.2 Å². The quantitative estimate of drug-likeness (QED) is 0.780. The molecular weight excluding hydrogens is 278 g/mol. The van der Waals surface area contributed by atoms with E-state index in [-0.39, 0.29) is 11.6 Å². The zero-order valence-corrected chi connectivity index (χ0v) is 13.9. The van der Waals surface area contributed by atoms with Gasteiger partial charge in [-0.2, -0.15) is 0 Å². The van der Waals surface area contributed by atoms with Crippen LogP contribution in [0.15, 0.2) is 18.2 Å². The molecule has 0 fully saturated rings. The minimum Gasteiger partial charge on any atom is -0.445 e. The van der Waals surface area contributed by atoms with Gasteiger partial charge in [-0.25, -0.2) is 4.79 Å². The number of rotatable bonds is 5. The van der Waals surface area contributed by atoms with Crippen LogP contribution >= 0.6 is 0 Å². The Bertz CT molecular complexity index is 560. The van der Waals surface area contributed by atoms with Crippen molar-refractivity contribution < 1.29 is 14.3 Å². The molecule has 4 nitrogen and oxygen atoms in total. The van der Waals surface area contributed by atoms with Crippen molar-refractivity contribution in [2.75, 3.05) is 7.05 Å². The second kappa shape index (κ2) is 6.51. The molecule has 1 unspecified atom stereocenters. The van der Waals surface area contributed by atoms with Crippen molar-refractivity contribution in [2.45, 2.75) is 58.1 Å². The fourth-order valence-corrected chi connectivity index (χ4v) is 2.68. The van der Waals surface area contributed by atoms with Gasteiger partial charge in [0.1, 0.15) is 12.9 Å².